The molecule has 0 aliphatic carbocycles. The summed E-state index contributed by atoms with van der Waals surface area (Å²) >= 11 is 0. The molecule has 3 aromatic heterocycles. The molecule has 1 amide bonds. The summed E-state index contributed by atoms with van der Waals surface area (Å²) in [5.74, 6) is -0.306. The first-order valence-electron chi connectivity index (χ1n) is 9.97. The van der Waals surface area contributed by atoms with E-state index < -0.39 is 30.4 Å². The number of carbonyl (C=O) groups is 1. The van der Waals surface area contributed by atoms with Gasteiger partial charge in [0.25, 0.3) is 5.91 Å². The van der Waals surface area contributed by atoms with Gasteiger partial charge in [-0.15, -0.1) is 0 Å². The largest absolute Gasteiger partial charge is 0.475 e. The van der Waals surface area contributed by atoms with Gasteiger partial charge in [-0.2, -0.15) is 22.8 Å². The second-order valence-corrected chi connectivity index (χ2v) is 7.17. The molecule has 12 heteroatoms. The van der Waals surface area contributed by atoms with E-state index in [0.29, 0.717) is 5.65 Å². The zero-order chi connectivity index (χ0) is 24.3. The molecule has 3 N–H and O–H groups in total. The maximum absolute atomic E-state index is 13.1. The van der Waals surface area contributed by atoms with Gasteiger partial charge in [0.2, 0.25) is 5.88 Å². The van der Waals surface area contributed by atoms with Crippen LogP contribution in [0.5, 0.6) is 5.88 Å². The zero-order valence-electron chi connectivity index (χ0n) is 17.4. The number of hydrogen-bond acceptors (Lipinski definition) is 7. The van der Waals surface area contributed by atoms with Crippen molar-refractivity contribution in [2.24, 2.45) is 0 Å². The van der Waals surface area contributed by atoms with E-state index in [1.54, 1.807) is 0 Å². The summed E-state index contributed by atoms with van der Waals surface area (Å²) in [6.07, 6.45) is -4.16. The fourth-order valence-electron chi connectivity index (χ4n) is 3.02. The highest BCUT2D eigenvalue weighted by atomic mass is 19.4. The van der Waals surface area contributed by atoms with Gasteiger partial charge in [0, 0.05) is 23.9 Å². The molecule has 0 bridgehead atoms. The Morgan fingerprint density at radius 1 is 1.15 bits per heavy atom. The number of anilines is 1. The Hall–Kier alpha value is -4.03. The lowest BCUT2D eigenvalue weighted by Crippen LogP contribution is -2.22. The van der Waals surface area contributed by atoms with Gasteiger partial charge >= 0.3 is 6.18 Å². The Labute approximate surface area is 190 Å². The highest BCUT2D eigenvalue weighted by molar-refractivity contribution is 6.02. The predicted molar refractivity (Wildman–Crippen MR) is 114 cm³/mol. The fraction of sp³-hybridized carbons (Fsp3) is 0.182. The second kappa shape index (κ2) is 9.45. The van der Waals surface area contributed by atoms with E-state index >= 15 is 0 Å². The van der Waals surface area contributed by atoms with Crippen molar-refractivity contribution in [2.75, 3.05) is 18.5 Å². The van der Waals surface area contributed by atoms with Crippen molar-refractivity contribution < 1.29 is 32.9 Å². The van der Waals surface area contributed by atoms with Crippen LogP contribution in [0.1, 0.15) is 16.1 Å². The van der Waals surface area contributed by atoms with Crippen molar-refractivity contribution in [3.05, 3.63) is 72.1 Å². The van der Waals surface area contributed by atoms with Gasteiger partial charge in [-0.05, 0) is 24.3 Å². The molecule has 176 valence electrons. The molecule has 4 rings (SSSR count). The van der Waals surface area contributed by atoms with Gasteiger partial charge in [0.15, 0.2) is 5.65 Å². The number of hydrogen-bond donors (Lipinski definition) is 3. The SMILES string of the molecule is O=C(Nc1ccnc2cc(-c3cccc(C(F)(F)F)c3)nn12)c1cccc(OCC(O)CO)n1. The minimum Gasteiger partial charge on any atom is -0.475 e. The lowest BCUT2D eigenvalue weighted by Gasteiger charge is -2.10. The molecular weight excluding hydrogens is 455 g/mol. The number of benzene rings is 1. The summed E-state index contributed by atoms with van der Waals surface area (Å²) in [5, 5.41) is 25.2. The van der Waals surface area contributed by atoms with Gasteiger partial charge in [-0.1, -0.05) is 18.2 Å². The van der Waals surface area contributed by atoms with Crippen LogP contribution in [0, 0.1) is 0 Å². The maximum atomic E-state index is 13.1. The molecule has 0 radical (unpaired) electrons. The predicted octanol–water partition coefficient (Wildman–Crippen LogP) is 2.79. The van der Waals surface area contributed by atoms with E-state index in [1.165, 1.54) is 53.2 Å². The van der Waals surface area contributed by atoms with E-state index in [2.05, 4.69) is 20.4 Å². The van der Waals surface area contributed by atoms with Crippen molar-refractivity contribution >= 4 is 17.4 Å². The molecule has 0 aliphatic rings. The molecule has 0 spiro atoms. The van der Waals surface area contributed by atoms with Crippen LogP contribution in [-0.4, -0.2) is 55.0 Å². The molecule has 0 aliphatic heterocycles. The smallest absolute Gasteiger partial charge is 0.416 e. The minimum atomic E-state index is -4.49. The summed E-state index contributed by atoms with van der Waals surface area (Å²) in [6.45, 7) is -0.685. The third kappa shape index (κ3) is 5.13. The standard InChI is InChI=1S/C22H18F3N5O4/c23-22(24,25)14-4-1-3-13(9-14)17-10-19-26-8-7-18(30(19)29-17)28-21(33)16-5-2-6-20(27-16)34-12-15(32)11-31/h1-10,15,31-32H,11-12H2,(H,28,33). The summed E-state index contributed by atoms with van der Waals surface area (Å²) < 4.78 is 45.7. The van der Waals surface area contributed by atoms with Crippen LogP contribution in [0.3, 0.4) is 0 Å². The van der Waals surface area contributed by atoms with Crippen LogP contribution in [0.25, 0.3) is 16.9 Å². The van der Waals surface area contributed by atoms with E-state index in [-0.39, 0.29) is 35.3 Å². The maximum Gasteiger partial charge on any atom is 0.416 e. The van der Waals surface area contributed by atoms with Crippen molar-refractivity contribution in [3.63, 3.8) is 0 Å². The van der Waals surface area contributed by atoms with Crippen molar-refractivity contribution in [1.29, 1.82) is 0 Å². The van der Waals surface area contributed by atoms with E-state index in [4.69, 9.17) is 9.84 Å². The number of nitrogens with zero attached hydrogens (tertiary/aromatic N) is 4. The minimum absolute atomic E-state index is 0.00575. The number of fused-ring (bicyclic) bond motifs is 1. The first-order valence-corrected chi connectivity index (χ1v) is 9.97. The number of nitrogens with one attached hydrogen (secondary N) is 1. The van der Waals surface area contributed by atoms with Crippen LogP contribution in [0.2, 0.25) is 0 Å². The number of ether oxygens (including phenoxy) is 1. The third-order valence-electron chi connectivity index (χ3n) is 4.68. The summed E-state index contributed by atoms with van der Waals surface area (Å²) in [7, 11) is 0. The Morgan fingerprint density at radius 3 is 2.71 bits per heavy atom. The molecule has 9 nitrogen and oxygen atoms in total. The average molecular weight is 473 g/mol. The van der Waals surface area contributed by atoms with Gasteiger partial charge in [0.05, 0.1) is 17.9 Å². The van der Waals surface area contributed by atoms with Gasteiger partial charge in [-0.3, -0.25) is 4.79 Å². The lowest BCUT2D eigenvalue weighted by molar-refractivity contribution is -0.137. The van der Waals surface area contributed by atoms with Crippen LogP contribution in [0.15, 0.2) is 60.8 Å². The zero-order valence-corrected chi connectivity index (χ0v) is 17.4. The first-order chi connectivity index (χ1) is 16.2. The molecule has 0 saturated heterocycles. The van der Waals surface area contributed by atoms with Crippen LogP contribution >= 0.6 is 0 Å². The Balaban J connectivity index is 1.58. The molecule has 1 aromatic carbocycles. The number of rotatable bonds is 7. The third-order valence-corrected chi connectivity index (χ3v) is 4.68. The van der Waals surface area contributed by atoms with Crippen molar-refractivity contribution in [1.82, 2.24) is 19.6 Å². The Kier molecular flexibility index (Phi) is 6.43. The number of halogens is 3. The number of aliphatic hydroxyl groups is 2. The number of amides is 1. The molecule has 0 saturated carbocycles. The summed E-state index contributed by atoms with van der Waals surface area (Å²) in [4.78, 5) is 20.9. The summed E-state index contributed by atoms with van der Waals surface area (Å²) in [5.41, 5.74) is 0.00752. The molecule has 1 atom stereocenters. The molecular formula is C22H18F3N5O4. The van der Waals surface area contributed by atoms with Crippen LogP contribution in [0.4, 0.5) is 19.0 Å². The molecule has 3 heterocycles. The number of aromatic nitrogens is 4. The van der Waals surface area contributed by atoms with Crippen LogP contribution < -0.4 is 10.1 Å². The monoisotopic (exact) mass is 473 g/mol. The Bertz CT molecular complexity index is 1330. The average Bonchev–Trinajstić information content (AvgIpc) is 3.28. The summed E-state index contributed by atoms with van der Waals surface area (Å²) in [6, 6.07) is 12.2. The van der Waals surface area contributed by atoms with Gasteiger partial charge < -0.3 is 20.3 Å². The van der Waals surface area contributed by atoms with Gasteiger partial charge in [0.1, 0.15) is 24.2 Å². The highest BCUT2D eigenvalue weighted by Gasteiger charge is 2.30. The number of aliphatic hydroxyl groups excluding tert-OH is 2. The first kappa shape index (κ1) is 23.1. The number of alkyl halides is 3. The van der Waals surface area contributed by atoms with Crippen LogP contribution in [-0.2, 0) is 6.18 Å². The van der Waals surface area contributed by atoms with Crippen molar-refractivity contribution in [3.8, 4) is 17.1 Å². The molecule has 34 heavy (non-hydrogen) atoms. The lowest BCUT2D eigenvalue weighted by atomic mass is 10.1. The second-order valence-electron chi connectivity index (χ2n) is 7.17. The van der Waals surface area contributed by atoms with Crippen molar-refractivity contribution in [2.45, 2.75) is 12.3 Å². The molecule has 4 aromatic rings. The fourth-order valence-corrected chi connectivity index (χ4v) is 3.02. The topological polar surface area (TPSA) is 122 Å². The van der Waals surface area contributed by atoms with E-state index in [1.807, 2.05) is 0 Å². The normalized spacial score (nSPS) is 12.5. The molecule has 0 fully saturated rings. The van der Waals surface area contributed by atoms with E-state index in [9.17, 15) is 23.1 Å². The van der Waals surface area contributed by atoms with E-state index in [0.717, 1.165) is 12.1 Å². The molecule has 1 unspecified atom stereocenters. The number of pyridine rings is 1. The highest BCUT2D eigenvalue weighted by Crippen LogP contribution is 2.32. The van der Waals surface area contributed by atoms with Gasteiger partial charge in [-0.25, -0.2) is 9.97 Å². The number of carbonyl (C=O) groups excluding carboxylic acids is 1. The Morgan fingerprint density at radius 2 is 1.94 bits per heavy atom. The quantitative estimate of drug-likeness (QED) is 0.377.